The van der Waals surface area contributed by atoms with Gasteiger partial charge in [0.05, 0.1) is 12.7 Å². The summed E-state index contributed by atoms with van der Waals surface area (Å²) < 4.78 is 5.25. The number of fused-ring (bicyclic) bond motifs is 1. The summed E-state index contributed by atoms with van der Waals surface area (Å²) in [7, 11) is 0. The van der Waals surface area contributed by atoms with Gasteiger partial charge >= 0.3 is 0 Å². The van der Waals surface area contributed by atoms with E-state index in [1.54, 1.807) is 42.7 Å². The van der Waals surface area contributed by atoms with Crippen molar-refractivity contribution < 1.29 is 14.0 Å². The van der Waals surface area contributed by atoms with E-state index in [0.717, 1.165) is 11.3 Å². The molecule has 7 nitrogen and oxygen atoms in total. The molecule has 0 atom stereocenters. The zero-order valence-corrected chi connectivity index (χ0v) is 11.9. The number of amides is 2. The summed E-state index contributed by atoms with van der Waals surface area (Å²) in [6.45, 7) is 0. The Kier molecular flexibility index (Phi) is 2.97. The molecule has 3 heterocycles. The van der Waals surface area contributed by atoms with Gasteiger partial charge in [-0.05, 0) is 35.9 Å². The molecule has 0 radical (unpaired) electrons. The molecule has 3 N–H and O–H groups in total. The first-order valence-corrected chi connectivity index (χ1v) is 7.02. The quantitative estimate of drug-likeness (QED) is 0.691. The fraction of sp³-hybridized carbons (Fsp3) is 0.0625. The van der Waals surface area contributed by atoms with E-state index in [0.29, 0.717) is 23.6 Å². The largest absolute Gasteiger partial charge is 0.463 e. The number of H-pyrrole nitrogens is 1. The molecule has 0 saturated heterocycles. The minimum Gasteiger partial charge on any atom is -0.463 e. The summed E-state index contributed by atoms with van der Waals surface area (Å²) in [5.74, 6) is 0.230. The Morgan fingerprint density at radius 3 is 3.00 bits per heavy atom. The molecule has 0 aliphatic carbocycles. The molecule has 2 amide bonds. The third-order valence-electron chi connectivity index (χ3n) is 3.59. The summed E-state index contributed by atoms with van der Waals surface area (Å²) in [6, 6.07) is 10.4. The van der Waals surface area contributed by atoms with Crippen LogP contribution < -0.4 is 10.6 Å². The summed E-state index contributed by atoms with van der Waals surface area (Å²) in [4.78, 5) is 23.6. The van der Waals surface area contributed by atoms with Crippen molar-refractivity contribution in [3.63, 3.8) is 0 Å². The molecular weight excluding hydrogens is 296 g/mol. The predicted octanol–water partition coefficient (Wildman–Crippen LogP) is 2.42. The Labute approximate surface area is 130 Å². The number of aromatic amines is 1. The molecule has 4 rings (SSSR count). The van der Waals surface area contributed by atoms with Crippen LogP contribution in [0.2, 0.25) is 0 Å². The van der Waals surface area contributed by atoms with Gasteiger partial charge in [-0.1, -0.05) is 0 Å². The number of benzene rings is 1. The number of nitrogens with one attached hydrogen (secondary N) is 3. The van der Waals surface area contributed by atoms with E-state index in [1.165, 1.54) is 0 Å². The fourth-order valence-electron chi connectivity index (χ4n) is 2.50. The Bertz CT molecular complexity index is 896. The highest BCUT2D eigenvalue weighted by atomic mass is 16.3. The average Bonchev–Trinajstić information content (AvgIpc) is 3.26. The van der Waals surface area contributed by atoms with Crippen LogP contribution in [0.25, 0.3) is 11.5 Å². The van der Waals surface area contributed by atoms with Crippen LogP contribution in [-0.2, 0) is 11.2 Å². The van der Waals surface area contributed by atoms with Gasteiger partial charge in [0.2, 0.25) is 5.91 Å². The maximum atomic E-state index is 12.3. The van der Waals surface area contributed by atoms with E-state index in [4.69, 9.17) is 4.42 Å². The molecule has 0 fully saturated rings. The zero-order chi connectivity index (χ0) is 15.8. The van der Waals surface area contributed by atoms with Gasteiger partial charge in [-0.15, -0.1) is 0 Å². The zero-order valence-electron chi connectivity index (χ0n) is 11.9. The van der Waals surface area contributed by atoms with Gasteiger partial charge in [0.25, 0.3) is 5.91 Å². The number of carbonyl (C=O) groups is 2. The van der Waals surface area contributed by atoms with Gasteiger partial charge < -0.3 is 15.1 Å². The lowest BCUT2D eigenvalue weighted by molar-refractivity contribution is -0.115. The first kappa shape index (κ1) is 13.3. The third kappa shape index (κ3) is 2.48. The second-order valence-corrected chi connectivity index (χ2v) is 5.20. The Morgan fingerprint density at radius 1 is 1.26 bits per heavy atom. The molecule has 0 unspecified atom stereocenters. The van der Waals surface area contributed by atoms with Crippen molar-refractivity contribution in [2.24, 2.45) is 0 Å². The lowest BCUT2D eigenvalue weighted by Gasteiger charge is -2.05. The van der Waals surface area contributed by atoms with Crippen molar-refractivity contribution >= 4 is 23.2 Å². The highest BCUT2D eigenvalue weighted by molar-refractivity contribution is 6.04. The molecule has 3 aromatic rings. The van der Waals surface area contributed by atoms with Crippen molar-refractivity contribution in [1.29, 1.82) is 0 Å². The molecule has 1 aliphatic rings. The van der Waals surface area contributed by atoms with Gasteiger partial charge in [-0.2, -0.15) is 5.10 Å². The van der Waals surface area contributed by atoms with Gasteiger partial charge in [0.15, 0.2) is 11.5 Å². The average molecular weight is 308 g/mol. The SMILES string of the molecule is O=C1Cc2cc(NC(=O)c3cc(-c4ccco4)[nH]n3)ccc2N1. The van der Waals surface area contributed by atoms with Crippen molar-refractivity contribution in [3.8, 4) is 11.5 Å². The fourth-order valence-corrected chi connectivity index (χ4v) is 2.50. The van der Waals surface area contributed by atoms with Crippen molar-refractivity contribution in [2.45, 2.75) is 6.42 Å². The predicted molar refractivity (Wildman–Crippen MR) is 83.0 cm³/mol. The topological polar surface area (TPSA) is 100 Å². The van der Waals surface area contributed by atoms with Crippen LogP contribution in [0.5, 0.6) is 0 Å². The number of anilines is 2. The molecule has 1 aliphatic heterocycles. The van der Waals surface area contributed by atoms with Crippen LogP contribution in [-0.4, -0.2) is 22.0 Å². The van der Waals surface area contributed by atoms with Gasteiger partial charge in [0, 0.05) is 17.4 Å². The number of aromatic nitrogens is 2. The van der Waals surface area contributed by atoms with Gasteiger partial charge in [-0.25, -0.2) is 0 Å². The number of rotatable bonds is 3. The van der Waals surface area contributed by atoms with Gasteiger partial charge in [0.1, 0.15) is 5.69 Å². The maximum absolute atomic E-state index is 12.3. The first-order valence-electron chi connectivity index (χ1n) is 7.02. The van der Waals surface area contributed by atoms with Crippen LogP contribution in [0, 0.1) is 0 Å². The number of hydrogen-bond donors (Lipinski definition) is 3. The maximum Gasteiger partial charge on any atom is 0.276 e. The number of hydrogen-bond acceptors (Lipinski definition) is 4. The molecule has 2 aromatic heterocycles. The Balaban J connectivity index is 1.52. The second-order valence-electron chi connectivity index (χ2n) is 5.20. The summed E-state index contributed by atoms with van der Waals surface area (Å²) in [5, 5.41) is 12.3. The molecule has 23 heavy (non-hydrogen) atoms. The highest BCUT2D eigenvalue weighted by Gasteiger charge is 2.18. The molecule has 7 heteroatoms. The number of furan rings is 1. The smallest absolute Gasteiger partial charge is 0.276 e. The van der Waals surface area contributed by atoms with E-state index < -0.39 is 0 Å². The van der Waals surface area contributed by atoms with Crippen LogP contribution in [0.3, 0.4) is 0 Å². The van der Waals surface area contributed by atoms with Crippen LogP contribution >= 0.6 is 0 Å². The van der Waals surface area contributed by atoms with E-state index >= 15 is 0 Å². The number of carbonyl (C=O) groups excluding carboxylic acids is 2. The monoisotopic (exact) mass is 308 g/mol. The van der Waals surface area contributed by atoms with Gasteiger partial charge in [-0.3, -0.25) is 14.7 Å². The Hall–Kier alpha value is -3.35. The minimum atomic E-state index is -0.337. The molecular formula is C16H12N4O3. The molecule has 1 aromatic carbocycles. The second kappa shape index (κ2) is 5.13. The van der Waals surface area contributed by atoms with Crippen LogP contribution in [0.15, 0.2) is 47.1 Å². The van der Waals surface area contributed by atoms with E-state index in [2.05, 4.69) is 20.8 Å². The first-order chi connectivity index (χ1) is 11.2. The highest BCUT2D eigenvalue weighted by Crippen LogP contribution is 2.26. The molecule has 0 spiro atoms. The summed E-state index contributed by atoms with van der Waals surface area (Å²) in [5.41, 5.74) is 3.15. The Morgan fingerprint density at radius 2 is 2.17 bits per heavy atom. The molecule has 114 valence electrons. The van der Waals surface area contributed by atoms with Crippen molar-refractivity contribution in [3.05, 3.63) is 53.9 Å². The summed E-state index contributed by atoms with van der Waals surface area (Å²) in [6.07, 6.45) is 1.87. The van der Waals surface area contributed by atoms with Crippen LogP contribution in [0.4, 0.5) is 11.4 Å². The minimum absolute atomic E-state index is 0.0427. The molecule has 0 saturated carbocycles. The third-order valence-corrected chi connectivity index (χ3v) is 3.59. The van der Waals surface area contributed by atoms with E-state index in [9.17, 15) is 9.59 Å². The van der Waals surface area contributed by atoms with Crippen molar-refractivity contribution in [2.75, 3.05) is 10.6 Å². The molecule has 0 bridgehead atoms. The standard InChI is InChI=1S/C16H12N4O3/c21-15-7-9-6-10(3-4-11(9)18-15)17-16(22)13-8-12(19-20-13)14-2-1-5-23-14/h1-6,8H,7H2,(H,17,22)(H,18,21)(H,19,20). The lowest BCUT2D eigenvalue weighted by atomic mass is 10.1. The normalized spacial score (nSPS) is 12.8. The van der Waals surface area contributed by atoms with Crippen LogP contribution in [0.1, 0.15) is 16.1 Å². The lowest BCUT2D eigenvalue weighted by Crippen LogP contribution is -2.12. The summed E-state index contributed by atoms with van der Waals surface area (Å²) >= 11 is 0. The number of nitrogens with zero attached hydrogens (tertiary/aromatic N) is 1. The van der Waals surface area contributed by atoms with E-state index in [1.807, 2.05) is 0 Å². The van der Waals surface area contributed by atoms with E-state index in [-0.39, 0.29) is 17.5 Å². The van der Waals surface area contributed by atoms with Crippen molar-refractivity contribution in [1.82, 2.24) is 10.2 Å².